The largest absolute Gasteiger partial charge is 0.348 e. The lowest BCUT2D eigenvalue weighted by Gasteiger charge is -2.32. The van der Waals surface area contributed by atoms with Gasteiger partial charge in [0, 0.05) is 0 Å². The molecule has 1 rings (SSSR count). The highest BCUT2D eigenvalue weighted by molar-refractivity contribution is 9.10. The summed E-state index contributed by atoms with van der Waals surface area (Å²) in [6, 6.07) is 6.11. The minimum absolute atomic E-state index is 0.0701. The first-order chi connectivity index (χ1) is 8.21. The standard InChI is InChI=1S/C14H19BrFNO/c1-9(15)13(18)17-12(14(2,3)4)10-5-7-11(16)8-6-10/h5-9,12H,1-4H3,(H,17,18). The maximum Gasteiger partial charge on any atom is 0.233 e. The Hall–Kier alpha value is -0.900. The number of hydrogen-bond acceptors (Lipinski definition) is 1. The van der Waals surface area contributed by atoms with Gasteiger partial charge in [0.25, 0.3) is 0 Å². The average Bonchev–Trinajstić information content (AvgIpc) is 2.25. The van der Waals surface area contributed by atoms with Gasteiger partial charge >= 0.3 is 0 Å². The highest BCUT2D eigenvalue weighted by Gasteiger charge is 2.28. The summed E-state index contributed by atoms with van der Waals surface area (Å²) in [5, 5.41) is 2.98. The first-order valence-corrected chi connectivity index (χ1v) is 6.83. The third-order valence-corrected chi connectivity index (χ3v) is 3.13. The fraction of sp³-hybridized carbons (Fsp3) is 0.500. The Balaban J connectivity index is 2.99. The van der Waals surface area contributed by atoms with Gasteiger partial charge in [0.05, 0.1) is 10.9 Å². The van der Waals surface area contributed by atoms with Crippen LogP contribution in [0.3, 0.4) is 0 Å². The zero-order chi connectivity index (χ0) is 13.9. The summed E-state index contributed by atoms with van der Waals surface area (Å²) < 4.78 is 12.9. The van der Waals surface area contributed by atoms with Crippen LogP contribution in [0.4, 0.5) is 4.39 Å². The Morgan fingerprint density at radius 1 is 1.28 bits per heavy atom. The third-order valence-electron chi connectivity index (χ3n) is 2.72. The van der Waals surface area contributed by atoms with Crippen molar-refractivity contribution in [1.82, 2.24) is 5.32 Å². The highest BCUT2D eigenvalue weighted by Crippen LogP contribution is 2.33. The van der Waals surface area contributed by atoms with E-state index in [1.165, 1.54) is 12.1 Å². The Bertz CT molecular complexity index is 409. The van der Waals surface area contributed by atoms with Gasteiger partial charge in [0.1, 0.15) is 5.82 Å². The lowest BCUT2D eigenvalue weighted by Crippen LogP contribution is -2.39. The monoisotopic (exact) mass is 315 g/mol. The second-order valence-corrected chi connectivity index (χ2v) is 6.85. The lowest BCUT2D eigenvalue weighted by atomic mass is 9.82. The number of nitrogens with one attached hydrogen (secondary N) is 1. The van der Waals surface area contributed by atoms with Crippen LogP contribution in [0.1, 0.15) is 39.3 Å². The Morgan fingerprint density at radius 2 is 1.78 bits per heavy atom. The quantitative estimate of drug-likeness (QED) is 0.844. The summed E-state index contributed by atoms with van der Waals surface area (Å²) in [7, 11) is 0. The topological polar surface area (TPSA) is 29.1 Å². The van der Waals surface area contributed by atoms with E-state index in [4.69, 9.17) is 0 Å². The van der Waals surface area contributed by atoms with Crippen LogP contribution >= 0.6 is 15.9 Å². The molecule has 1 aromatic carbocycles. The van der Waals surface area contributed by atoms with Crippen LogP contribution in [-0.2, 0) is 4.79 Å². The molecule has 1 N–H and O–H groups in total. The molecular weight excluding hydrogens is 297 g/mol. The number of alkyl halides is 1. The number of hydrogen-bond donors (Lipinski definition) is 1. The number of benzene rings is 1. The molecule has 2 unspecified atom stereocenters. The molecule has 0 aliphatic carbocycles. The van der Waals surface area contributed by atoms with E-state index < -0.39 is 0 Å². The van der Waals surface area contributed by atoms with Crippen molar-refractivity contribution in [1.29, 1.82) is 0 Å². The molecule has 0 aliphatic rings. The van der Waals surface area contributed by atoms with Gasteiger partial charge in [0.15, 0.2) is 0 Å². The first-order valence-electron chi connectivity index (χ1n) is 5.91. The molecule has 0 saturated carbocycles. The fourth-order valence-corrected chi connectivity index (χ4v) is 1.84. The van der Waals surface area contributed by atoms with Crippen LogP contribution in [0.15, 0.2) is 24.3 Å². The van der Waals surface area contributed by atoms with Crippen LogP contribution in [-0.4, -0.2) is 10.7 Å². The van der Waals surface area contributed by atoms with E-state index in [9.17, 15) is 9.18 Å². The second-order valence-electron chi connectivity index (χ2n) is 5.48. The molecule has 0 heterocycles. The zero-order valence-electron chi connectivity index (χ0n) is 11.1. The van der Waals surface area contributed by atoms with Gasteiger partial charge in [-0.25, -0.2) is 4.39 Å². The molecule has 0 radical (unpaired) electrons. The third kappa shape index (κ3) is 4.09. The predicted octanol–water partition coefficient (Wildman–Crippen LogP) is 3.81. The molecule has 18 heavy (non-hydrogen) atoms. The molecule has 100 valence electrons. The van der Waals surface area contributed by atoms with E-state index in [0.717, 1.165) is 5.56 Å². The minimum Gasteiger partial charge on any atom is -0.348 e. The van der Waals surface area contributed by atoms with Gasteiger partial charge < -0.3 is 5.32 Å². The summed E-state index contributed by atoms with van der Waals surface area (Å²) >= 11 is 3.25. The SMILES string of the molecule is CC(Br)C(=O)NC(c1ccc(F)cc1)C(C)(C)C. The van der Waals surface area contributed by atoms with Gasteiger partial charge in [-0.2, -0.15) is 0 Å². The number of halogens is 2. The van der Waals surface area contributed by atoms with E-state index in [1.54, 1.807) is 19.1 Å². The van der Waals surface area contributed by atoms with Gasteiger partial charge in [-0.1, -0.05) is 48.8 Å². The molecule has 0 aliphatic heterocycles. The summed E-state index contributed by atoms with van der Waals surface area (Å²) in [4.78, 5) is 11.6. The summed E-state index contributed by atoms with van der Waals surface area (Å²) in [5.74, 6) is -0.342. The molecule has 2 atom stereocenters. The smallest absolute Gasteiger partial charge is 0.233 e. The van der Waals surface area contributed by atoms with Crippen molar-refractivity contribution in [2.75, 3.05) is 0 Å². The maximum atomic E-state index is 12.9. The zero-order valence-corrected chi connectivity index (χ0v) is 12.7. The summed E-state index contributed by atoms with van der Waals surface area (Å²) in [6.45, 7) is 7.90. The summed E-state index contributed by atoms with van der Waals surface area (Å²) in [6.07, 6.45) is 0. The number of carbonyl (C=O) groups is 1. The van der Waals surface area contributed by atoms with Crippen molar-refractivity contribution >= 4 is 21.8 Å². The van der Waals surface area contributed by atoms with E-state index in [0.29, 0.717) is 0 Å². The Kier molecular flexibility index (Phi) is 4.91. The molecule has 0 saturated heterocycles. The van der Waals surface area contributed by atoms with Crippen molar-refractivity contribution < 1.29 is 9.18 Å². The molecule has 2 nitrogen and oxygen atoms in total. The first kappa shape index (κ1) is 15.2. The Morgan fingerprint density at radius 3 is 2.17 bits per heavy atom. The van der Waals surface area contributed by atoms with Crippen molar-refractivity contribution in [2.24, 2.45) is 5.41 Å². The molecule has 0 spiro atoms. The molecule has 1 amide bonds. The lowest BCUT2D eigenvalue weighted by molar-refractivity contribution is -0.121. The van der Waals surface area contributed by atoms with E-state index in [1.807, 2.05) is 20.8 Å². The fourth-order valence-electron chi connectivity index (χ4n) is 1.71. The number of amides is 1. The molecular formula is C14H19BrFNO. The second kappa shape index (κ2) is 5.83. The number of carbonyl (C=O) groups excluding carboxylic acids is 1. The molecule has 0 fully saturated rings. The van der Waals surface area contributed by atoms with Gasteiger partial charge in [0.2, 0.25) is 5.91 Å². The van der Waals surface area contributed by atoms with Gasteiger partial charge in [-0.15, -0.1) is 0 Å². The minimum atomic E-state index is -0.272. The summed E-state index contributed by atoms with van der Waals surface area (Å²) in [5.41, 5.74) is 0.764. The molecule has 0 bridgehead atoms. The van der Waals surface area contributed by atoms with Crippen LogP contribution < -0.4 is 5.32 Å². The molecule has 1 aromatic rings. The predicted molar refractivity (Wildman–Crippen MR) is 75.1 cm³/mol. The van der Waals surface area contributed by atoms with Crippen LogP contribution in [0, 0.1) is 11.2 Å². The van der Waals surface area contributed by atoms with Crippen molar-refractivity contribution in [3.63, 3.8) is 0 Å². The van der Waals surface area contributed by atoms with E-state index in [2.05, 4.69) is 21.2 Å². The van der Waals surface area contributed by atoms with E-state index >= 15 is 0 Å². The van der Waals surface area contributed by atoms with E-state index in [-0.39, 0.29) is 28.0 Å². The van der Waals surface area contributed by atoms with Crippen molar-refractivity contribution in [2.45, 2.75) is 38.6 Å². The number of rotatable bonds is 3. The van der Waals surface area contributed by atoms with Crippen molar-refractivity contribution in [3.05, 3.63) is 35.6 Å². The van der Waals surface area contributed by atoms with Crippen molar-refractivity contribution in [3.8, 4) is 0 Å². The average molecular weight is 316 g/mol. The Labute approximate surface area is 116 Å². The van der Waals surface area contributed by atoms with Crippen LogP contribution in [0.25, 0.3) is 0 Å². The highest BCUT2D eigenvalue weighted by atomic mass is 79.9. The van der Waals surface area contributed by atoms with Gasteiger partial charge in [-0.05, 0) is 30.0 Å². The van der Waals surface area contributed by atoms with Crippen LogP contribution in [0.5, 0.6) is 0 Å². The van der Waals surface area contributed by atoms with Gasteiger partial charge in [-0.3, -0.25) is 4.79 Å². The molecule has 0 aromatic heterocycles. The van der Waals surface area contributed by atoms with Crippen LogP contribution in [0.2, 0.25) is 0 Å². The molecule has 4 heteroatoms. The normalized spacial score (nSPS) is 15.0. The maximum absolute atomic E-state index is 12.9.